The molecule has 2 amide bonds. The van der Waals surface area contributed by atoms with Crippen LogP contribution in [-0.2, 0) is 11.3 Å². The lowest BCUT2D eigenvalue weighted by Gasteiger charge is -2.30. The summed E-state index contributed by atoms with van der Waals surface area (Å²) < 4.78 is 0. The van der Waals surface area contributed by atoms with E-state index < -0.39 is 11.9 Å². The summed E-state index contributed by atoms with van der Waals surface area (Å²) in [4.78, 5) is 31.0. The summed E-state index contributed by atoms with van der Waals surface area (Å²) in [6.07, 6.45) is 4.55. The van der Waals surface area contributed by atoms with E-state index in [0.29, 0.717) is 19.5 Å². The molecule has 0 spiro atoms. The van der Waals surface area contributed by atoms with Crippen molar-refractivity contribution in [3.8, 4) is 0 Å². The van der Waals surface area contributed by atoms with Gasteiger partial charge in [0.1, 0.15) is 0 Å². The molecule has 2 rings (SSSR count). The highest BCUT2D eigenvalue weighted by atomic mass is 16.4. The topological polar surface area (TPSA) is 98.3 Å². The van der Waals surface area contributed by atoms with Crippen LogP contribution in [0.2, 0.25) is 0 Å². The number of likely N-dealkylation sites (tertiary alicyclic amines) is 1. The van der Waals surface area contributed by atoms with Gasteiger partial charge in [-0.1, -0.05) is 0 Å². The molecule has 0 radical (unpaired) electrons. The molecule has 1 fully saturated rings. The van der Waals surface area contributed by atoms with Gasteiger partial charge >= 0.3 is 12.0 Å². The lowest BCUT2D eigenvalue weighted by atomic mass is 9.99. The Morgan fingerprint density at radius 2 is 2.44 bits per heavy atom. The van der Waals surface area contributed by atoms with E-state index >= 15 is 0 Å². The van der Waals surface area contributed by atoms with Crippen LogP contribution < -0.4 is 5.32 Å². The first-order valence-corrected chi connectivity index (χ1v) is 5.89. The van der Waals surface area contributed by atoms with Crippen molar-refractivity contribution < 1.29 is 14.7 Å². The van der Waals surface area contributed by atoms with E-state index in [9.17, 15) is 9.59 Å². The van der Waals surface area contributed by atoms with E-state index in [1.807, 2.05) is 0 Å². The van der Waals surface area contributed by atoms with Crippen molar-refractivity contribution in [3.63, 3.8) is 0 Å². The minimum absolute atomic E-state index is 0.226. The third kappa shape index (κ3) is 2.99. The summed E-state index contributed by atoms with van der Waals surface area (Å²) in [5, 5.41) is 11.7. The number of hydrogen-bond acceptors (Lipinski definition) is 3. The second-order valence-corrected chi connectivity index (χ2v) is 4.36. The van der Waals surface area contributed by atoms with Gasteiger partial charge in [0.25, 0.3) is 0 Å². The molecule has 1 aromatic rings. The molecule has 0 aliphatic carbocycles. The van der Waals surface area contributed by atoms with Crippen molar-refractivity contribution in [2.24, 2.45) is 5.92 Å². The summed E-state index contributed by atoms with van der Waals surface area (Å²) in [5.74, 6) is -1.28. The quantitative estimate of drug-likeness (QED) is 0.725. The molecule has 2 heterocycles. The highest BCUT2D eigenvalue weighted by Gasteiger charge is 2.27. The molecule has 0 bridgehead atoms. The molecule has 7 heteroatoms. The Labute approximate surface area is 104 Å². The number of carbonyl (C=O) groups is 2. The van der Waals surface area contributed by atoms with E-state index in [-0.39, 0.29) is 12.6 Å². The lowest BCUT2D eigenvalue weighted by molar-refractivity contribution is -0.143. The van der Waals surface area contributed by atoms with Crippen LogP contribution in [0.4, 0.5) is 4.79 Å². The second kappa shape index (κ2) is 5.52. The maximum absolute atomic E-state index is 11.8. The number of rotatable bonds is 3. The van der Waals surface area contributed by atoms with Gasteiger partial charge in [-0.05, 0) is 12.8 Å². The number of hydrogen-bond donors (Lipinski definition) is 3. The molecule has 1 unspecified atom stereocenters. The summed E-state index contributed by atoms with van der Waals surface area (Å²) in [5.41, 5.74) is 0.815. The van der Waals surface area contributed by atoms with Crippen molar-refractivity contribution in [2.45, 2.75) is 19.4 Å². The highest BCUT2D eigenvalue weighted by molar-refractivity contribution is 5.76. The first kappa shape index (κ1) is 12.4. The molecule has 1 saturated heterocycles. The summed E-state index contributed by atoms with van der Waals surface area (Å²) in [7, 11) is 0. The number of carbonyl (C=O) groups excluding carboxylic acids is 1. The van der Waals surface area contributed by atoms with Crippen molar-refractivity contribution in [3.05, 3.63) is 18.2 Å². The lowest BCUT2D eigenvalue weighted by Crippen LogP contribution is -2.46. The molecule has 1 aliphatic heterocycles. The Morgan fingerprint density at radius 1 is 1.61 bits per heavy atom. The largest absolute Gasteiger partial charge is 0.481 e. The van der Waals surface area contributed by atoms with Crippen LogP contribution in [0.5, 0.6) is 0 Å². The molecular formula is C11H16N4O3. The number of H-pyrrole nitrogens is 1. The van der Waals surface area contributed by atoms with Crippen LogP contribution in [0, 0.1) is 5.92 Å². The number of amides is 2. The normalized spacial score (nSPS) is 19.6. The van der Waals surface area contributed by atoms with Crippen LogP contribution >= 0.6 is 0 Å². The van der Waals surface area contributed by atoms with Crippen LogP contribution in [0.1, 0.15) is 18.5 Å². The molecule has 1 aliphatic rings. The number of aromatic amines is 1. The van der Waals surface area contributed by atoms with Gasteiger partial charge in [-0.15, -0.1) is 0 Å². The molecule has 98 valence electrons. The maximum Gasteiger partial charge on any atom is 0.317 e. The zero-order chi connectivity index (χ0) is 13.0. The Bertz CT molecular complexity index is 418. The standard InChI is InChI=1S/C11H16N4O3/c16-10(17)8-2-1-3-15(6-8)11(18)13-5-9-4-12-7-14-9/h4,7-8H,1-3,5-6H2,(H,12,14)(H,13,18)(H,16,17). The average Bonchev–Trinajstić information content (AvgIpc) is 2.89. The van der Waals surface area contributed by atoms with E-state index in [0.717, 1.165) is 12.1 Å². The number of aromatic nitrogens is 2. The molecule has 0 aromatic carbocycles. The fourth-order valence-electron chi connectivity index (χ4n) is 2.03. The SMILES string of the molecule is O=C(O)C1CCCN(C(=O)NCc2cnc[nH]2)C1. The van der Waals surface area contributed by atoms with Crippen molar-refractivity contribution in [1.29, 1.82) is 0 Å². The molecule has 1 atom stereocenters. The molecular weight excluding hydrogens is 236 g/mol. The summed E-state index contributed by atoms with van der Waals surface area (Å²) in [6.45, 7) is 1.26. The Morgan fingerprint density at radius 3 is 3.11 bits per heavy atom. The highest BCUT2D eigenvalue weighted by Crippen LogP contribution is 2.16. The minimum atomic E-state index is -0.832. The zero-order valence-electron chi connectivity index (χ0n) is 9.93. The maximum atomic E-state index is 11.8. The second-order valence-electron chi connectivity index (χ2n) is 4.36. The number of aliphatic carboxylic acids is 1. The van der Waals surface area contributed by atoms with Gasteiger partial charge in [0.05, 0.1) is 24.5 Å². The predicted molar refractivity (Wildman–Crippen MR) is 62.8 cm³/mol. The zero-order valence-corrected chi connectivity index (χ0v) is 9.93. The number of nitrogens with one attached hydrogen (secondary N) is 2. The van der Waals surface area contributed by atoms with Gasteiger partial charge in [0, 0.05) is 19.3 Å². The van der Waals surface area contributed by atoms with Crippen LogP contribution in [0.3, 0.4) is 0 Å². The van der Waals surface area contributed by atoms with Gasteiger partial charge in [0.15, 0.2) is 0 Å². The molecule has 1 aromatic heterocycles. The smallest absolute Gasteiger partial charge is 0.317 e. The fourth-order valence-corrected chi connectivity index (χ4v) is 2.03. The molecule has 18 heavy (non-hydrogen) atoms. The number of imidazole rings is 1. The van der Waals surface area contributed by atoms with Crippen molar-refractivity contribution in [2.75, 3.05) is 13.1 Å². The third-order valence-electron chi connectivity index (χ3n) is 3.04. The Balaban J connectivity index is 1.83. The first-order valence-electron chi connectivity index (χ1n) is 5.89. The van der Waals surface area contributed by atoms with E-state index in [1.165, 1.54) is 0 Å². The minimum Gasteiger partial charge on any atom is -0.481 e. The van der Waals surface area contributed by atoms with E-state index in [4.69, 9.17) is 5.11 Å². The summed E-state index contributed by atoms with van der Waals surface area (Å²) >= 11 is 0. The number of carboxylic acids is 1. The third-order valence-corrected chi connectivity index (χ3v) is 3.04. The number of carboxylic acid groups (broad SMARTS) is 1. The van der Waals surface area contributed by atoms with Crippen molar-refractivity contribution >= 4 is 12.0 Å². The van der Waals surface area contributed by atoms with Gasteiger partial charge < -0.3 is 20.3 Å². The first-order chi connectivity index (χ1) is 8.66. The van der Waals surface area contributed by atoms with E-state index in [2.05, 4.69) is 15.3 Å². The van der Waals surface area contributed by atoms with Gasteiger partial charge in [-0.25, -0.2) is 9.78 Å². The van der Waals surface area contributed by atoms with Gasteiger partial charge in [-0.2, -0.15) is 0 Å². The van der Waals surface area contributed by atoms with Crippen LogP contribution in [-0.4, -0.2) is 45.1 Å². The number of piperidine rings is 1. The van der Waals surface area contributed by atoms with E-state index in [1.54, 1.807) is 17.4 Å². The van der Waals surface area contributed by atoms with Crippen molar-refractivity contribution in [1.82, 2.24) is 20.2 Å². The summed E-state index contributed by atoms with van der Waals surface area (Å²) in [6, 6.07) is -0.226. The fraction of sp³-hybridized carbons (Fsp3) is 0.545. The van der Waals surface area contributed by atoms with Crippen LogP contribution in [0.25, 0.3) is 0 Å². The van der Waals surface area contributed by atoms with Gasteiger partial charge in [0.2, 0.25) is 0 Å². The number of urea groups is 1. The number of nitrogens with zero attached hydrogens (tertiary/aromatic N) is 2. The van der Waals surface area contributed by atoms with Crippen LogP contribution in [0.15, 0.2) is 12.5 Å². The molecule has 0 saturated carbocycles. The monoisotopic (exact) mass is 252 g/mol. The average molecular weight is 252 g/mol. The Kier molecular flexibility index (Phi) is 3.81. The molecule has 7 nitrogen and oxygen atoms in total. The predicted octanol–water partition coefficient (Wildman–Crippen LogP) is 0.416. The van der Waals surface area contributed by atoms with Gasteiger partial charge in [-0.3, -0.25) is 4.79 Å². The molecule has 3 N–H and O–H groups in total. The Hall–Kier alpha value is -2.05.